The van der Waals surface area contributed by atoms with Crippen LogP contribution in [0.2, 0.25) is 0 Å². The molecule has 0 amide bonds. The minimum atomic E-state index is -1.07. The number of ketones is 1. The minimum absolute atomic E-state index is 0. The van der Waals surface area contributed by atoms with Crippen LogP contribution in [-0.2, 0) is 11.3 Å². The first-order valence-corrected chi connectivity index (χ1v) is 7.58. The minimum Gasteiger partial charge on any atom is -0.549 e. The molecule has 1 atom stereocenters. The predicted molar refractivity (Wildman–Crippen MR) is 79.0 cm³/mol. The third-order valence-corrected chi connectivity index (χ3v) is 4.40. The first-order valence-electron chi connectivity index (χ1n) is 6.78. The first-order chi connectivity index (χ1) is 10.1. The molecule has 0 N–H and O–H groups in total. The number of carbonyl (C=O) groups excluding carboxylic acids is 2. The van der Waals surface area contributed by atoms with Gasteiger partial charge in [-0.1, -0.05) is 15.9 Å². The van der Waals surface area contributed by atoms with Crippen LogP contribution in [0.3, 0.4) is 0 Å². The summed E-state index contributed by atoms with van der Waals surface area (Å²) in [5, 5.41) is 11.2. The predicted octanol–water partition coefficient (Wildman–Crippen LogP) is -0.887. The van der Waals surface area contributed by atoms with Crippen LogP contribution in [0.1, 0.15) is 40.5 Å². The van der Waals surface area contributed by atoms with Gasteiger partial charge in [0, 0.05) is 28.2 Å². The van der Waals surface area contributed by atoms with Crippen molar-refractivity contribution in [3.63, 3.8) is 0 Å². The number of hydrogen-bond donors (Lipinski definition) is 0. The molecule has 3 rings (SSSR count). The number of fused-ring (bicyclic) bond motifs is 1. The van der Waals surface area contributed by atoms with Gasteiger partial charge in [0.15, 0.2) is 0 Å². The first kappa shape index (κ1) is 18.1. The number of carboxylic acids is 1. The van der Waals surface area contributed by atoms with E-state index in [2.05, 4.69) is 15.9 Å². The number of carboxylic acid groups (broad SMARTS) is 1. The number of nitrogens with zero attached hydrogens (tertiary/aromatic N) is 1. The quantitative estimate of drug-likeness (QED) is 0.508. The van der Waals surface area contributed by atoms with Crippen LogP contribution in [0.25, 0.3) is 0 Å². The van der Waals surface area contributed by atoms with E-state index in [1.54, 1.807) is 24.3 Å². The van der Waals surface area contributed by atoms with Crippen LogP contribution in [0.15, 0.2) is 40.9 Å². The monoisotopic (exact) mass is 385 g/mol. The smallest absolute Gasteiger partial charge is 0.549 e. The fourth-order valence-electron chi connectivity index (χ4n) is 2.82. The number of benzene rings is 1. The number of aliphatic carboxylic acids is 1. The van der Waals surface area contributed by atoms with E-state index in [9.17, 15) is 14.7 Å². The number of carbonyl (C=O) groups is 2. The maximum atomic E-state index is 12.6. The summed E-state index contributed by atoms with van der Waals surface area (Å²) in [7, 11) is 0. The summed E-state index contributed by atoms with van der Waals surface area (Å²) in [6, 6.07) is 10.6. The molecular formula is C16H13BrKNO3. The van der Waals surface area contributed by atoms with Gasteiger partial charge in [0.05, 0.1) is 11.7 Å². The van der Waals surface area contributed by atoms with Crippen molar-refractivity contribution in [3.8, 4) is 0 Å². The molecule has 2 aromatic rings. The van der Waals surface area contributed by atoms with Crippen molar-refractivity contribution < 1.29 is 66.1 Å². The second-order valence-corrected chi connectivity index (χ2v) is 6.06. The molecule has 0 bridgehead atoms. The molecule has 1 aromatic carbocycles. The molecule has 2 heterocycles. The van der Waals surface area contributed by atoms with Gasteiger partial charge in [0.2, 0.25) is 5.78 Å². The summed E-state index contributed by atoms with van der Waals surface area (Å²) in [6.45, 7) is 0.670. The Balaban J connectivity index is 0.00000176. The molecule has 1 aliphatic heterocycles. The Hall–Kier alpha value is -0.244. The summed E-state index contributed by atoms with van der Waals surface area (Å²) in [6.07, 6.45) is 1.30. The fraction of sp³-hybridized carbons (Fsp3) is 0.250. The van der Waals surface area contributed by atoms with Crippen molar-refractivity contribution in [1.29, 1.82) is 0 Å². The average molecular weight is 386 g/mol. The van der Waals surface area contributed by atoms with Gasteiger partial charge in [-0.3, -0.25) is 4.79 Å². The van der Waals surface area contributed by atoms with Gasteiger partial charge < -0.3 is 14.5 Å². The maximum absolute atomic E-state index is 12.6. The van der Waals surface area contributed by atoms with E-state index in [-0.39, 0.29) is 57.2 Å². The molecule has 0 fully saturated rings. The largest absolute Gasteiger partial charge is 1.00 e. The summed E-state index contributed by atoms with van der Waals surface area (Å²) in [4.78, 5) is 23.8. The Kier molecular flexibility index (Phi) is 6.21. The number of rotatable bonds is 3. The second kappa shape index (κ2) is 7.55. The zero-order valence-corrected chi connectivity index (χ0v) is 16.9. The van der Waals surface area contributed by atoms with Crippen LogP contribution in [0, 0.1) is 0 Å². The van der Waals surface area contributed by atoms with Crippen molar-refractivity contribution >= 4 is 27.7 Å². The normalized spacial score (nSPS) is 16.5. The second-order valence-electron chi connectivity index (χ2n) is 5.14. The molecule has 4 nitrogen and oxygen atoms in total. The van der Waals surface area contributed by atoms with Gasteiger partial charge in [-0.05, 0) is 49.2 Å². The zero-order chi connectivity index (χ0) is 15.0. The molecule has 0 saturated carbocycles. The van der Waals surface area contributed by atoms with Crippen LogP contribution in [-0.4, -0.2) is 16.3 Å². The summed E-state index contributed by atoms with van der Waals surface area (Å²) < 4.78 is 2.72. The third kappa shape index (κ3) is 3.47. The van der Waals surface area contributed by atoms with E-state index in [1.807, 2.05) is 16.7 Å². The maximum Gasteiger partial charge on any atom is 1.00 e. The zero-order valence-electron chi connectivity index (χ0n) is 12.2. The molecule has 0 saturated heterocycles. The van der Waals surface area contributed by atoms with Crippen LogP contribution in [0.5, 0.6) is 0 Å². The summed E-state index contributed by atoms with van der Waals surface area (Å²) >= 11 is 3.34. The van der Waals surface area contributed by atoms with Crippen molar-refractivity contribution in [2.75, 3.05) is 0 Å². The van der Waals surface area contributed by atoms with E-state index in [0.29, 0.717) is 29.9 Å². The van der Waals surface area contributed by atoms with E-state index in [0.717, 1.165) is 10.9 Å². The molecule has 1 unspecified atom stereocenters. The van der Waals surface area contributed by atoms with E-state index >= 15 is 0 Å². The molecular weight excluding hydrogens is 373 g/mol. The van der Waals surface area contributed by atoms with Crippen LogP contribution < -0.4 is 56.5 Å². The third-order valence-electron chi connectivity index (χ3n) is 3.87. The molecule has 6 heteroatoms. The van der Waals surface area contributed by atoms with E-state index < -0.39 is 11.9 Å². The Bertz CT molecular complexity index is 709. The number of halogens is 1. The molecule has 0 aliphatic carbocycles. The Morgan fingerprint density at radius 3 is 2.45 bits per heavy atom. The number of aromatic nitrogens is 1. The Labute approximate surface area is 179 Å². The van der Waals surface area contributed by atoms with Gasteiger partial charge in [0.1, 0.15) is 0 Å². The molecule has 0 radical (unpaired) electrons. The van der Waals surface area contributed by atoms with Crippen LogP contribution >= 0.6 is 15.9 Å². The van der Waals surface area contributed by atoms with Crippen molar-refractivity contribution in [3.05, 3.63) is 57.8 Å². The van der Waals surface area contributed by atoms with Gasteiger partial charge in [-0.2, -0.15) is 0 Å². The van der Waals surface area contributed by atoms with Gasteiger partial charge in [-0.25, -0.2) is 0 Å². The molecule has 1 aliphatic rings. The van der Waals surface area contributed by atoms with E-state index in [4.69, 9.17) is 0 Å². The Morgan fingerprint density at radius 2 is 1.82 bits per heavy atom. The fourth-order valence-corrected chi connectivity index (χ4v) is 3.09. The van der Waals surface area contributed by atoms with Crippen molar-refractivity contribution in [1.82, 2.24) is 4.57 Å². The number of hydrogen-bond acceptors (Lipinski definition) is 3. The molecule has 1 aromatic heterocycles. The van der Waals surface area contributed by atoms with Gasteiger partial charge in [-0.15, -0.1) is 0 Å². The standard InChI is InChI=1S/C16H14BrNO3.K/c17-11-5-3-10(4-6-11)15(19)14-8-7-13-12(16(20)21)2-1-9-18(13)14;/h3-8,12H,1-2,9H2,(H,20,21);/q;+1/p-1. The summed E-state index contributed by atoms with van der Waals surface area (Å²) in [5.74, 6) is -1.78. The molecule has 22 heavy (non-hydrogen) atoms. The van der Waals surface area contributed by atoms with Gasteiger partial charge >= 0.3 is 51.4 Å². The van der Waals surface area contributed by atoms with Crippen molar-refractivity contribution in [2.24, 2.45) is 0 Å². The Morgan fingerprint density at radius 1 is 1.14 bits per heavy atom. The van der Waals surface area contributed by atoms with Crippen LogP contribution in [0.4, 0.5) is 0 Å². The molecule has 0 spiro atoms. The van der Waals surface area contributed by atoms with E-state index in [1.165, 1.54) is 0 Å². The average Bonchev–Trinajstić information content (AvgIpc) is 2.90. The van der Waals surface area contributed by atoms with Gasteiger partial charge in [0.25, 0.3) is 0 Å². The topological polar surface area (TPSA) is 62.1 Å². The van der Waals surface area contributed by atoms with Crippen molar-refractivity contribution in [2.45, 2.75) is 25.3 Å². The summed E-state index contributed by atoms with van der Waals surface area (Å²) in [5.41, 5.74) is 1.80. The molecule has 108 valence electrons. The SMILES string of the molecule is O=C(c1ccc(Br)cc1)c1ccc2n1CCCC2C(=O)[O-].[K+].